The summed E-state index contributed by atoms with van der Waals surface area (Å²) in [5.41, 5.74) is 0. The molecule has 2 aromatic carbocycles. The first kappa shape index (κ1) is 19.7. The fraction of sp³-hybridized carbons (Fsp3) is 0.400. The van der Waals surface area contributed by atoms with Crippen LogP contribution < -0.4 is 8.32 Å². The second-order valence-electron chi connectivity index (χ2n) is 5.92. The normalized spacial score (nSPS) is 9.18. The van der Waals surface area contributed by atoms with Gasteiger partial charge in [-0.3, -0.25) is 0 Å². The molecule has 2 rings (SSSR count). The second kappa shape index (κ2) is 14.3. The Balaban J connectivity index is 0.000000239. The quantitative estimate of drug-likeness (QED) is 0.422. The van der Waals surface area contributed by atoms with Crippen LogP contribution in [-0.4, -0.2) is 0 Å². The summed E-state index contributed by atoms with van der Waals surface area (Å²) in [6.07, 6.45) is 5.86. The van der Waals surface area contributed by atoms with E-state index < -0.39 is 17.1 Å². The van der Waals surface area contributed by atoms with Crippen molar-refractivity contribution in [2.45, 2.75) is 49.6 Å². The van der Waals surface area contributed by atoms with Crippen LogP contribution in [0.4, 0.5) is 0 Å². The molecule has 0 atom stereocenters. The molecule has 0 aliphatic heterocycles. The zero-order valence-electron chi connectivity index (χ0n) is 14.4. The Morgan fingerprint density at radius 2 is 1.05 bits per heavy atom. The van der Waals surface area contributed by atoms with Crippen LogP contribution in [0, 0.1) is 0 Å². The third-order valence-electron chi connectivity index (χ3n) is 3.80. The monoisotopic (exact) mass is 396 g/mol. The number of hydrogen-bond donors (Lipinski definition) is 0. The van der Waals surface area contributed by atoms with E-state index in [0.717, 1.165) is 0 Å². The van der Waals surface area contributed by atoms with Crippen LogP contribution in [0.15, 0.2) is 60.7 Å². The summed E-state index contributed by atoms with van der Waals surface area (Å²) < 4.78 is 3.11. The first-order valence-electron chi connectivity index (χ1n) is 8.94. The van der Waals surface area contributed by atoms with E-state index in [4.69, 9.17) is 0 Å². The maximum atomic E-state index is 2.29. The molecule has 0 nitrogen and oxygen atoms in total. The van der Waals surface area contributed by atoms with Gasteiger partial charge in [-0.25, -0.2) is 0 Å². The van der Waals surface area contributed by atoms with Gasteiger partial charge >= 0.3 is 153 Å². The topological polar surface area (TPSA) is 0 Å². The summed E-state index contributed by atoms with van der Waals surface area (Å²) in [6.45, 7) is 4.59. The van der Waals surface area contributed by atoms with Crippen molar-refractivity contribution in [1.29, 1.82) is 0 Å². The van der Waals surface area contributed by atoms with E-state index >= 15 is 0 Å². The molecule has 0 unspecified atom stereocenters. The summed E-state index contributed by atoms with van der Waals surface area (Å²) in [7, 11) is 0. The minimum atomic E-state index is -0.676. The molecule has 0 N–H and O–H groups in total. The van der Waals surface area contributed by atoms with Gasteiger partial charge in [0.1, 0.15) is 0 Å². The number of benzene rings is 2. The third kappa shape index (κ3) is 10.4. The van der Waals surface area contributed by atoms with Crippen molar-refractivity contribution in [1.82, 2.24) is 0 Å². The van der Waals surface area contributed by atoms with Gasteiger partial charge in [0.2, 0.25) is 0 Å². The van der Waals surface area contributed by atoms with E-state index in [1.165, 1.54) is 25.7 Å². The van der Waals surface area contributed by atoms with Crippen LogP contribution >= 0.6 is 0 Å². The van der Waals surface area contributed by atoms with Gasteiger partial charge in [-0.2, -0.15) is 0 Å². The van der Waals surface area contributed by atoms with Gasteiger partial charge in [-0.1, -0.05) is 0 Å². The van der Waals surface area contributed by atoms with Crippen LogP contribution in [0.2, 0.25) is 10.0 Å². The van der Waals surface area contributed by atoms with Gasteiger partial charge < -0.3 is 0 Å². The Morgan fingerprint density at radius 3 is 1.41 bits per heavy atom. The van der Waals surface area contributed by atoms with E-state index in [2.05, 4.69) is 74.5 Å². The van der Waals surface area contributed by atoms with Gasteiger partial charge in [-0.05, 0) is 0 Å². The summed E-state index contributed by atoms with van der Waals surface area (Å²) in [4.78, 5) is 0. The Hall–Kier alpha value is -0.313. The van der Waals surface area contributed by atoms with E-state index in [0.29, 0.717) is 0 Å². The standard InChI is InChI=1S/2C6H5.2C4H9.2Zn/c2*1-2-4-6-5-3-1;2*1-3-4-2;;/h2*1-5H;2*1,3-4H2,2H3;;. The van der Waals surface area contributed by atoms with Crippen molar-refractivity contribution in [3.63, 3.8) is 0 Å². The Labute approximate surface area is 152 Å². The predicted octanol–water partition coefficient (Wildman–Crippen LogP) is 5.23. The van der Waals surface area contributed by atoms with Crippen molar-refractivity contribution in [3.05, 3.63) is 60.7 Å². The maximum absolute atomic E-state index is 2.29. The molecule has 0 heterocycles. The average molecular weight is 399 g/mol. The SMILES string of the molecule is CCC[CH2][Zn][CH2]CCC.c1cc[c]([Zn][c]2ccccc2)cc1. The molecule has 2 aromatic rings. The molecule has 0 spiro atoms. The Kier molecular flexibility index (Phi) is 12.8. The molecule has 0 aliphatic carbocycles. The molecule has 0 aromatic heterocycles. The molecule has 0 saturated carbocycles. The molecule has 0 amide bonds. The molecule has 0 bridgehead atoms. The fourth-order valence-electron chi connectivity index (χ4n) is 2.46. The van der Waals surface area contributed by atoms with Gasteiger partial charge in [0.25, 0.3) is 0 Å². The van der Waals surface area contributed by atoms with Gasteiger partial charge in [-0.15, -0.1) is 0 Å². The zero-order chi connectivity index (χ0) is 15.9. The van der Waals surface area contributed by atoms with E-state index in [1.807, 2.05) is 0 Å². The van der Waals surface area contributed by atoms with Crippen molar-refractivity contribution >= 4 is 8.32 Å². The van der Waals surface area contributed by atoms with Crippen molar-refractivity contribution in [2.24, 2.45) is 0 Å². The zero-order valence-corrected chi connectivity index (χ0v) is 20.4. The fourth-order valence-corrected chi connectivity index (χ4v) is 9.90. The molecule has 22 heavy (non-hydrogen) atoms. The first-order chi connectivity index (χ1) is 10.9. The molecule has 0 radical (unpaired) electrons. The van der Waals surface area contributed by atoms with Crippen LogP contribution in [0.5, 0.6) is 0 Å². The second-order valence-corrected chi connectivity index (χ2v) is 14.5. The van der Waals surface area contributed by atoms with Crippen LogP contribution in [-0.2, 0) is 34.3 Å². The van der Waals surface area contributed by atoms with Crippen LogP contribution in [0.1, 0.15) is 39.5 Å². The summed E-state index contributed by atoms with van der Waals surface area (Å²) in [6, 6.07) is 21.6. The van der Waals surface area contributed by atoms with Crippen molar-refractivity contribution in [2.75, 3.05) is 0 Å². The molecule has 2 heteroatoms. The van der Waals surface area contributed by atoms with E-state index in [9.17, 15) is 0 Å². The van der Waals surface area contributed by atoms with E-state index in [1.54, 1.807) is 18.3 Å². The van der Waals surface area contributed by atoms with E-state index in [-0.39, 0.29) is 17.1 Å². The predicted molar refractivity (Wildman–Crippen MR) is 91.6 cm³/mol. The minimum absolute atomic E-state index is 0.0146. The van der Waals surface area contributed by atoms with Gasteiger partial charge in [0.05, 0.1) is 0 Å². The molecule has 0 saturated heterocycles. The molecule has 0 aliphatic rings. The number of rotatable bonds is 8. The summed E-state index contributed by atoms with van der Waals surface area (Å²) >= 11 is -0.662. The van der Waals surface area contributed by atoms with Crippen molar-refractivity contribution in [3.8, 4) is 0 Å². The summed E-state index contributed by atoms with van der Waals surface area (Å²) in [5, 5.41) is 3.28. The Bertz CT molecular complexity index is 410. The molecular formula is C20H28Zn2. The van der Waals surface area contributed by atoms with Crippen molar-refractivity contribution < 1.29 is 34.3 Å². The Morgan fingerprint density at radius 1 is 0.636 bits per heavy atom. The van der Waals surface area contributed by atoms with Gasteiger partial charge in [0, 0.05) is 0 Å². The number of unbranched alkanes of at least 4 members (excludes halogenated alkanes) is 2. The molecular weight excluding hydrogens is 371 g/mol. The first-order valence-corrected chi connectivity index (χ1v) is 16.1. The van der Waals surface area contributed by atoms with Gasteiger partial charge in [0.15, 0.2) is 0 Å². The average Bonchev–Trinajstić information content (AvgIpc) is 2.57. The number of hydrogen-bond acceptors (Lipinski definition) is 0. The summed E-state index contributed by atoms with van der Waals surface area (Å²) in [5.74, 6) is 0. The van der Waals surface area contributed by atoms with Crippen LogP contribution in [0.25, 0.3) is 0 Å². The van der Waals surface area contributed by atoms with Crippen LogP contribution in [0.3, 0.4) is 0 Å². The molecule has 112 valence electrons. The molecule has 0 fully saturated rings. The third-order valence-corrected chi connectivity index (χ3v) is 11.7.